The van der Waals surface area contributed by atoms with Gasteiger partial charge in [0.2, 0.25) is 0 Å². The van der Waals surface area contributed by atoms with Crippen LogP contribution in [-0.4, -0.2) is 50.4 Å². The van der Waals surface area contributed by atoms with E-state index < -0.39 is 0 Å². The predicted octanol–water partition coefficient (Wildman–Crippen LogP) is 1.96. The van der Waals surface area contributed by atoms with Crippen LogP contribution in [0.15, 0.2) is 18.2 Å². The molecule has 0 aromatic heterocycles. The van der Waals surface area contributed by atoms with Crippen LogP contribution < -0.4 is 9.64 Å². The lowest BCUT2D eigenvalue weighted by atomic mass is 10.1. The third-order valence-electron chi connectivity index (χ3n) is 3.67. The summed E-state index contributed by atoms with van der Waals surface area (Å²) in [7, 11) is 3.84. The first-order valence-corrected chi connectivity index (χ1v) is 7.22. The van der Waals surface area contributed by atoms with Gasteiger partial charge in [-0.3, -0.25) is 9.59 Å². The van der Waals surface area contributed by atoms with Crippen LogP contribution in [0.2, 0.25) is 0 Å². The molecule has 1 heterocycles. The van der Waals surface area contributed by atoms with Crippen LogP contribution in [0, 0.1) is 0 Å². The molecule has 1 aliphatic rings. The largest absolute Gasteiger partial charge is 0.483 e. The third kappa shape index (κ3) is 3.74. The molecule has 0 radical (unpaired) electrons. The maximum absolute atomic E-state index is 12.0. The molecule has 0 unspecified atom stereocenters. The molecule has 0 bridgehead atoms. The number of amides is 1. The van der Waals surface area contributed by atoms with Crippen molar-refractivity contribution in [3.63, 3.8) is 0 Å². The first kappa shape index (κ1) is 15.4. The van der Waals surface area contributed by atoms with Gasteiger partial charge in [0.15, 0.2) is 12.4 Å². The number of rotatable bonds is 5. The summed E-state index contributed by atoms with van der Waals surface area (Å²) in [5, 5.41) is 0. The first-order valence-electron chi connectivity index (χ1n) is 7.22. The van der Waals surface area contributed by atoms with Crippen molar-refractivity contribution in [2.24, 2.45) is 0 Å². The highest BCUT2D eigenvalue weighted by Crippen LogP contribution is 2.25. The van der Waals surface area contributed by atoms with Crippen LogP contribution in [0.3, 0.4) is 0 Å². The Hall–Kier alpha value is -2.04. The Morgan fingerprint density at radius 1 is 1.24 bits per heavy atom. The molecule has 1 fully saturated rings. The smallest absolute Gasteiger partial charge is 0.260 e. The fraction of sp³-hybridized carbons (Fsp3) is 0.500. The molecule has 114 valence electrons. The van der Waals surface area contributed by atoms with Crippen LogP contribution in [0.5, 0.6) is 5.75 Å². The molecule has 5 nitrogen and oxygen atoms in total. The van der Waals surface area contributed by atoms with Gasteiger partial charge in [-0.05, 0) is 31.9 Å². The van der Waals surface area contributed by atoms with Crippen LogP contribution in [0.4, 0.5) is 5.69 Å². The topological polar surface area (TPSA) is 49.9 Å². The number of anilines is 1. The average Bonchev–Trinajstić information content (AvgIpc) is 2.98. The van der Waals surface area contributed by atoms with E-state index in [4.69, 9.17) is 4.74 Å². The molecule has 2 rings (SSSR count). The molecule has 1 amide bonds. The fourth-order valence-electron chi connectivity index (χ4n) is 2.40. The predicted molar refractivity (Wildman–Crippen MR) is 82.1 cm³/mol. The van der Waals surface area contributed by atoms with Crippen LogP contribution in [0.1, 0.15) is 30.1 Å². The molecule has 1 saturated heterocycles. The summed E-state index contributed by atoms with van der Waals surface area (Å²) < 4.78 is 5.62. The van der Waals surface area contributed by atoms with Crippen molar-refractivity contribution in [1.82, 2.24) is 4.90 Å². The summed E-state index contributed by atoms with van der Waals surface area (Å²) in [6.45, 7) is 3.09. The second kappa shape index (κ2) is 6.61. The van der Waals surface area contributed by atoms with Gasteiger partial charge < -0.3 is 14.5 Å². The Morgan fingerprint density at radius 3 is 2.48 bits per heavy atom. The van der Waals surface area contributed by atoms with Gasteiger partial charge in [0.1, 0.15) is 5.75 Å². The quantitative estimate of drug-likeness (QED) is 0.778. The minimum Gasteiger partial charge on any atom is -0.483 e. The van der Waals surface area contributed by atoms with E-state index in [9.17, 15) is 9.59 Å². The molecule has 5 heteroatoms. The fourth-order valence-corrected chi connectivity index (χ4v) is 2.40. The highest BCUT2D eigenvalue weighted by molar-refractivity contribution is 5.97. The summed E-state index contributed by atoms with van der Waals surface area (Å²) in [4.78, 5) is 27.4. The summed E-state index contributed by atoms with van der Waals surface area (Å²) >= 11 is 0. The molecule has 0 aliphatic carbocycles. The van der Waals surface area contributed by atoms with Gasteiger partial charge in [-0.15, -0.1) is 0 Å². The molecule has 0 atom stereocenters. The van der Waals surface area contributed by atoms with Gasteiger partial charge in [0.05, 0.1) is 5.56 Å². The van der Waals surface area contributed by atoms with Gasteiger partial charge in [-0.25, -0.2) is 0 Å². The zero-order valence-corrected chi connectivity index (χ0v) is 12.9. The number of carbonyl (C=O) groups excluding carboxylic acids is 2. The number of carbonyl (C=O) groups is 2. The minimum atomic E-state index is -0.0658. The van der Waals surface area contributed by atoms with Crippen LogP contribution in [-0.2, 0) is 4.79 Å². The maximum atomic E-state index is 12.0. The highest BCUT2D eigenvalue weighted by Gasteiger charge is 2.19. The van der Waals surface area contributed by atoms with E-state index in [1.165, 1.54) is 6.92 Å². The van der Waals surface area contributed by atoms with Crippen molar-refractivity contribution >= 4 is 17.4 Å². The summed E-state index contributed by atoms with van der Waals surface area (Å²) in [6, 6.07) is 5.41. The molecule has 0 spiro atoms. The molecular weight excluding hydrogens is 268 g/mol. The lowest BCUT2D eigenvalue weighted by molar-refractivity contribution is -0.132. The summed E-state index contributed by atoms with van der Waals surface area (Å²) in [5.74, 6) is 0.391. The highest BCUT2D eigenvalue weighted by atomic mass is 16.5. The van der Waals surface area contributed by atoms with E-state index in [1.807, 2.05) is 30.0 Å². The van der Waals surface area contributed by atoms with E-state index in [0.717, 1.165) is 31.6 Å². The monoisotopic (exact) mass is 290 g/mol. The van der Waals surface area contributed by atoms with Crippen molar-refractivity contribution in [3.05, 3.63) is 23.8 Å². The second-order valence-electron chi connectivity index (χ2n) is 5.51. The number of benzene rings is 1. The third-order valence-corrected chi connectivity index (χ3v) is 3.67. The number of ether oxygens (including phenoxy) is 1. The van der Waals surface area contributed by atoms with Crippen LogP contribution >= 0.6 is 0 Å². The molecule has 21 heavy (non-hydrogen) atoms. The Morgan fingerprint density at radius 2 is 1.90 bits per heavy atom. The molecular formula is C16H22N2O3. The van der Waals surface area contributed by atoms with E-state index >= 15 is 0 Å². The first-order chi connectivity index (χ1) is 9.99. The van der Waals surface area contributed by atoms with Gasteiger partial charge in [-0.2, -0.15) is 0 Å². The van der Waals surface area contributed by atoms with Crippen molar-refractivity contribution in [2.45, 2.75) is 19.8 Å². The van der Waals surface area contributed by atoms with Gasteiger partial charge >= 0.3 is 0 Å². The van der Waals surface area contributed by atoms with E-state index in [-0.39, 0.29) is 18.3 Å². The molecule has 1 aromatic rings. The summed E-state index contributed by atoms with van der Waals surface area (Å²) in [6.07, 6.45) is 2.11. The lowest BCUT2D eigenvalue weighted by Crippen LogP contribution is -2.32. The Bertz CT molecular complexity index is 534. The number of ketones is 1. The van der Waals surface area contributed by atoms with Gasteiger partial charge in [-0.1, -0.05) is 0 Å². The zero-order chi connectivity index (χ0) is 15.4. The average molecular weight is 290 g/mol. The zero-order valence-electron chi connectivity index (χ0n) is 12.9. The van der Waals surface area contributed by atoms with Crippen molar-refractivity contribution < 1.29 is 14.3 Å². The number of nitrogens with zero attached hydrogens (tertiary/aromatic N) is 2. The molecule has 0 N–H and O–H groups in total. The number of hydrogen-bond donors (Lipinski definition) is 0. The molecule has 0 saturated carbocycles. The Labute approximate surface area is 125 Å². The van der Waals surface area contributed by atoms with Crippen molar-refractivity contribution in [1.29, 1.82) is 0 Å². The number of Topliss-reactive ketones (excluding diaryl/α,β-unsaturated/α-hetero) is 1. The van der Waals surface area contributed by atoms with Gasteiger partial charge in [0.25, 0.3) is 5.91 Å². The van der Waals surface area contributed by atoms with Crippen molar-refractivity contribution in [2.75, 3.05) is 38.7 Å². The van der Waals surface area contributed by atoms with Gasteiger partial charge in [0, 0.05) is 38.9 Å². The summed E-state index contributed by atoms with van der Waals surface area (Å²) in [5.41, 5.74) is 1.44. The van der Waals surface area contributed by atoms with E-state index in [1.54, 1.807) is 12.1 Å². The normalized spacial score (nSPS) is 14.1. The molecule has 1 aromatic carbocycles. The second-order valence-corrected chi connectivity index (χ2v) is 5.51. The Balaban J connectivity index is 2.11. The minimum absolute atomic E-state index is 0.0164. The maximum Gasteiger partial charge on any atom is 0.260 e. The Kier molecular flexibility index (Phi) is 4.83. The van der Waals surface area contributed by atoms with E-state index in [2.05, 4.69) is 0 Å². The number of hydrogen-bond acceptors (Lipinski definition) is 4. The van der Waals surface area contributed by atoms with Crippen molar-refractivity contribution in [3.8, 4) is 5.75 Å². The number of likely N-dealkylation sites (tertiary alicyclic amines) is 1. The SMILES string of the molecule is CC(=O)c1ccc(N(C)C)cc1OCC(=O)N1CCCC1. The lowest BCUT2D eigenvalue weighted by Gasteiger charge is -2.18. The standard InChI is InChI=1S/C16H22N2O3/c1-12(19)14-7-6-13(17(2)3)10-15(14)21-11-16(20)18-8-4-5-9-18/h6-7,10H,4-5,8-9,11H2,1-3H3. The molecule has 1 aliphatic heterocycles. The van der Waals surface area contributed by atoms with Crippen LogP contribution in [0.25, 0.3) is 0 Å². The van der Waals surface area contributed by atoms with E-state index in [0.29, 0.717) is 11.3 Å².